The molecule has 0 N–H and O–H groups in total. The van der Waals surface area contributed by atoms with Crippen molar-refractivity contribution in [3.8, 4) is 0 Å². The molecule has 0 saturated heterocycles. The van der Waals surface area contributed by atoms with E-state index in [1.165, 1.54) is 44.1 Å². The van der Waals surface area contributed by atoms with Crippen LogP contribution in [0.4, 0.5) is 0 Å². The highest BCUT2D eigenvalue weighted by molar-refractivity contribution is 5.95. The largest absolute Gasteiger partial charge is 0.367 e. The van der Waals surface area contributed by atoms with Crippen LogP contribution in [0.15, 0.2) is 11.6 Å². The van der Waals surface area contributed by atoms with E-state index in [0.717, 1.165) is 43.4 Å². The molecule has 5 aliphatic carbocycles. The molecule has 4 saturated carbocycles. The Morgan fingerprint density at radius 2 is 1.88 bits per heavy atom. The second-order valence-corrected chi connectivity index (χ2v) is 10.0. The zero-order valence-electron chi connectivity index (χ0n) is 15.4. The van der Waals surface area contributed by atoms with Gasteiger partial charge in [-0.3, -0.25) is 4.79 Å². The molecule has 0 aliphatic heterocycles. The van der Waals surface area contributed by atoms with E-state index in [-0.39, 0.29) is 17.3 Å². The fourth-order valence-electron chi connectivity index (χ4n) is 7.14. The van der Waals surface area contributed by atoms with E-state index in [2.05, 4.69) is 13.8 Å². The lowest BCUT2D eigenvalue weighted by Gasteiger charge is -2.58. The van der Waals surface area contributed by atoms with E-state index in [4.69, 9.17) is 4.74 Å². The number of allylic oxidation sites excluding steroid dienone is 1. The van der Waals surface area contributed by atoms with Gasteiger partial charge in [0.05, 0.1) is 6.10 Å². The monoisotopic (exact) mass is 328 g/mol. The second kappa shape index (κ2) is 5.19. The van der Waals surface area contributed by atoms with Gasteiger partial charge in [0.2, 0.25) is 0 Å². The number of carbonyl (C=O) groups excluding carboxylic acids is 1. The molecule has 5 rings (SSSR count). The maximum atomic E-state index is 12.5. The molecule has 0 amide bonds. The topological polar surface area (TPSA) is 26.3 Å². The molecule has 0 aromatic heterocycles. The number of fused-ring (bicyclic) bond motifs is 5. The van der Waals surface area contributed by atoms with Gasteiger partial charge in [0.1, 0.15) is 6.10 Å². The first-order valence-corrected chi connectivity index (χ1v) is 10.4. The highest BCUT2D eigenvalue weighted by atomic mass is 16.5. The summed E-state index contributed by atoms with van der Waals surface area (Å²) in [7, 11) is 0. The zero-order chi connectivity index (χ0) is 16.5. The first-order chi connectivity index (χ1) is 11.5. The van der Waals surface area contributed by atoms with Crippen LogP contribution in [0.1, 0.15) is 78.1 Å². The molecule has 0 heterocycles. The average Bonchev–Trinajstić information content (AvgIpc) is 3.26. The third-order valence-electron chi connectivity index (χ3n) is 8.64. The Morgan fingerprint density at radius 1 is 1.04 bits per heavy atom. The summed E-state index contributed by atoms with van der Waals surface area (Å²) >= 11 is 0. The van der Waals surface area contributed by atoms with Crippen LogP contribution in [0.25, 0.3) is 0 Å². The molecule has 0 aromatic rings. The first-order valence-electron chi connectivity index (χ1n) is 10.4. The quantitative estimate of drug-likeness (QED) is 0.708. The van der Waals surface area contributed by atoms with Gasteiger partial charge in [-0.15, -0.1) is 0 Å². The minimum absolute atomic E-state index is 0.151. The minimum atomic E-state index is -0.151. The summed E-state index contributed by atoms with van der Waals surface area (Å²) in [6.07, 6.45) is 15.1. The van der Waals surface area contributed by atoms with Crippen molar-refractivity contribution in [1.82, 2.24) is 0 Å². The van der Waals surface area contributed by atoms with Gasteiger partial charge in [-0.2, -0.15) is 0 Å². The maximum Gasteiger partial charge on any atom is 0.184 e. The Hall–Kier alpha value is -0.630. The van der Waals surface area contributed by atoms with Crippen LogP contribution < -0.4 is 0 Å². The third kappa shape index (κ3) is 2.21. The fourth-order valence-corrected chi connectivity index (χ4v) is 7.14. The van der Waals surface area contributed by atoms with Gasteiger partial charge in [0.15, 0.2) is 5.78 Å². The van der Waals surface area contributed by atoms with E-state index in [0.29, 0.717) is 11.5 Å². The summed E-state index contributed by atoms with van der Waals surface area (Å²) in [5.74, 6) is 2.87. The summed E-state index contributed by atoms with van der Waals surface area (Å²) in [5.41, 5.74) is 2.30. The van der Waals surface area contributed by atoms with E-state index < -0.39 is 0 Å². The molecular formula is C22H32O2. The molecule has 4 fully saturated rings. The Bertz CT molecular complexity index is 589. The van der Waals surface area contributed by atoms with Crippen LogP contribution >= 0.6 is 0 Å². The summed E-state index contributed by atoms with van der Waals surface area (Å²) in [4.78, 5) is 12.5. The minimum Gasteiger partial charge on any atom is -0.367 e. The smallest absolute Gasteiger partial charge is 0.184 e. The number of ether oxygens (including phenoxy) is 1. The molecular weight excluding hydrogens is 296 g/mol. The molecule has 0 radical (unpaired) electrons. The van der Waals surface area contributed by atoms with Crippen LogP contribution in [-0.2, 0) is 9.53 Å². The van der Waals surface area contributed by atoms with E-state index >= 15 is 0 Å². The van der Waals surface area contributed by atoms with Crippen molar-refractivity contribution in [2.75, 3.05) is 0 Å². The molecule has 1 unspecified atom stereocenters. The van der Waals surface area contributed by atoms with Crippen molar-refractivity contribution < 1.29 is 9.53 Å². The van der Waals surface area contributed by atoms with Crippen LogP contribution in [0.2, 0.25) is 0 Å². The highest BCUT2D eigenvalue weighted by Crippen LogP contribution is 2.65. The SMILES string of the molecule is C[C@@]12CCC[C@H]1[C@@H]1CCC3=CC(=O)C(OC4CC4)C[C@]3(C)[C@H]1CC2. The van der Waals surface area contributed by atoms with Gasteiger partial charge in [0, 0.05) is 0 Å². The average molecular weight is 328 g/mol. The highest BCUT2D eigenvalue weighted by Gasteiger charge is 2.57. The normalized spacial score (nSPS) is 50.8. The fraction of sp³-hybridized carbons (Fsp3) is 0.864. The summed E-state index contributed by atoms with van der Waals surface area (Å²) in [6, 6.07) is 0. The summed E-state index contributed by atoms with van der Waals surface area (Å²) in [6.45, 7) is 5.04. The van der Waals surface area contributed by atoms with Gasteiger partial charge >= 0.3 is 0 Å². The molecule has 0 aromatic carbocycles. The predicted molar refractivity (Wildman–Crippen MR) is 94.6 cm³/mol. The molecule has 5 aliphatic rings. The zero-order valence-corrected chi connectivity index (χ0v) is 15.4. The van der Waals surface area contributed by atoms with Crippen molar-refractivity contribution in [3.63, 3.8) is 0 Å². The predicted octanol–water partition coefficient (Wildman–Crippen LogP) is 5.07. The lowest BCUT2D eigenvalue weighted by molar-refractivity contribution is -0.134. The van der Waals surface area contributed by atoms with Crippen molar-refractivity contribution in [2.45, 2.75) is 90.3 Å². The Labute approximate surface area is 146 Å². The third-order valence-corrected chi connectivity index (χ3v) is 8.64. The summed E-state index contributed by atoms with van der Waals surface area (Å²) < 4.78 is 6.12. The molecule has 0 spiro atoms. The van der Waals surface area contributed by atoms with Crippen molar-refractivity contribution >= 4 is 5.78 Å². The molecule has 6 atom stereocenters. The van der Waals surface area contributed by atoms with Crippen LogP contribution in [0.5, 0.6) is 0 Å². The van der Waals surface area contributed by atoms with E-state index in [9.17, 15) is 4.79 Å². The number of hydrogen-bond acceptors (Lipinski definition) is 2. The Balaban J connectivity index is 1.45. The molecule has 2 nitrogen and oxygen atoms in total. The van der Waals surface area contributed by atoms with Gasteiger partial charge in [-0.1, -0.05) is 25.8 Å². The Kier molecular flexibility index (Phi) is 3.38. The number of hydrogen-bond donors (Lipinski definition) is 0. The molecule has 132 valence electrons. The van der Waals surface area contributed by atoms with Crippen LogP contribution in [-0.4, -0.2) is 18.0 Å². The van der Waals surface area contributed by atoms with E-state index in [1.807, 2.05) is 6.08 Å². The van der Waals surface area contributed by atoms with Crippen molar-refractivity contribution in [3.05, 3.63) is 11.6 Å². The lowest BCUT2D eigenvalue weighted by Crippen LogP contribution is -2.51. The number of carbonyl (C=O) groups is 1. The van der Waals surface area contributed by atoms with Gasteiger partial charge in [-0.05, 0) is 92.4 Å². The molecule has 0 bridgehead atoms. The van der Waals surface area contributed by atoms with Crippen LogP contribution in [0, 0.1) is 28.6 Å². The lowest BCUT2D eigenvalue weighted by atomic mass is 9.47. The first kappa shape index (κ1) is 15.6. The van der Waals surface area contributed by atoms with Gasteiger partial charge < -0.3 is 4.74 Å². The molecule has 2 heteroatoms. The second-order valence-electron chi connectivity index (χ2n) is 10.0. The summed E-state index contributed by atoms with van der Waals surface area (Å²) in [5, 5.41) is 0. The van der Waals surface area contributed by atoms with Gasteiger partial charge in [0.25, 0.3) is 0 Å². The van der Waals surface area contributed by atoms with Crippen molar-refractivity contribution in [2.24, 2.45) is 28.6 Å². The van der Waals surface area contributed by atoms with Crippen LogP contribution in [0.3, 0.4) is 0 Å². The molecule has 24 heavy (non-hydrogen) atoms. The van der Waals surface area contributed by atoms with Gasteiger partial charge in [-0.25, -0.2) is 0 Å². The maximum absolute atomic E-state index is 12.5. The van der Waals surface area contributed by atoms with Crippen molar-refractivity contribution in [1.29, 1.82) is 0 Å². The number of rotatable bonds is 2. The standard InChI is InChI=1S/C22H32O2/c1-21-10-3-4-17(21)16-8-5-14-12-19(23)20(24-15-6-7-15)13-22(14,2)18(16)9-11-21/h12,15-18,20H,3-11,13H2,1-2H3/t16-,17-,18-,20?,21-,22-/m0/s1. The Morgan fingerprint density at radius 3 is 2.67 bits per heavy atom. The van der Waals surface area contributed by atoms with E-state index in [1.54, 1.807) is 0 Å². The number of ketones is 1.